The molecule has 19 heavy (non-hydrogen) atoms. The van der Waals surface area contributed by atoms with Crippen molar-refractivity contribution >= 4 is 34.8 Å². The van der Waals surface area contributed by atoms with E-state index in [0.717, 1.165) is 31.5 Å². The standard InChI is InChI=1S/C14H20Cl2N2O/c1-2-3-4-8-18-14(19)7-9-17-11-5-6-12(15)13(16)10-11/h5-6,10,17H,2-4,7-9H2,1H3,(H,18,19). The summed E-state index contributed by atoms with van der Waals surface area (Å²) in [5.74, 6) is 0.0728. The predicted molar refractivity (Wildman–Crippen MR) is 82.1 cm³/mol. The maximum absolute atomic E-state index is 11.5. The number of hydrogen-bond acceptors (Lipinski definition) is 2. The Balaban J connectivity index is 2.18. The molecule has 0 spiro atoms. The molecule has 0 aliphatic heterocycles. The number of benzene rings is 1. The fourth-order valence-corrected chi connectivity index (χ4v) is 1.92. The molecule has 106 valence electrons. The Morgan fingerprint density at radius 2 is 1.95 bits per heavy atom. The van der Waals surface area contributed by atoms with Crippen molar-refractivity contribution in [1.82, 2.24) is 5.32 Å². The Hall–Kier alpha value is -0.930. The molecule has 0 heterocycles. The highest BCUT2D eigenvalue weighted by Crippen LogP contribution is 2.24. The molecular formula is C14H20Cl2N2O. The van der Waals surface area contributed by atoms with Crippen LogP contribution >= 0.6 is 23.2 Å². The molecule has 3 nitrogen and oxygen atoms in total. The summed E-state index contributed by atoms with van der Waals surface area (Å²) in [6, 6.07) is 5.33. The van der Waals surface area contributed by atoms with Crippen LogP contribution in [0.4, 0.5) is 5.69 Å². The first-order chi connectivity index (χ1) is 9.13. The Kier molecular flexibility index (Phi) is 7.68. The number of rotatable bonds is 8. The molecule has 0 saturated heterocycles. The van der Waals surface area contributed by atoms with Crippen LogP contribution in [-0.2, 0) is 4.79 Å². The van der Waals surface area contributed by atoms with Gasteiger partial charge in [-0.1, -0.05) is 43.0 Å². The highest BCUT2D eigenvalue weighted by Gasteiger charge is 2.02. The lowest BCUT2D eigenvalue weighted by Gasteiger charge is -2.08. The van der Waals surface area contributed by atoms with Gasteiger partial charge in [-0.25, -0.2) is 0 Å². The number of nitrogens with one attached hydrogen (secondary N) is 2. The minimum atomic E-state index is 0.0728. The first kappa shape index (κ1) is 16.1. The first-order valence-electron chi connectivity index (χ1n) is 6.59. The van der Waals surface area contributed by atoms with Crippen LogP contribution < -0.4 is 10.6 Å². The molecular weight excluding hydrogens is 283 g/mol. The van der Waals surface area contributed by atoms with Gasteiger partial charge in [0.1, 0.15) is 0 Å². The van der Waals surface area contributed by atoms with Gasteiger partial charge in [0.25, 0.3) is 0 Å². The van der Waals surface area contributed by atoms with Gasteiger partial charge in [-0.15, -0.1) is 0 Å². The van der Waals surface area contributed by atoms with Gasteiger partial charge < -0.3 is 10.6 Å². The van der Waals surface area contributed by atoms with Crippen LogP contribution in [0.25, 0.3) is 0 Å². The zero-order chi connectivity index (χ0) is 14.1. The molecule has 0 aromatic heterocycles. The van der Waals surface area contributed by atoms with Crippen LogP contribution in [0, 0.1) is 0 Å². The highest BCUT2D eigenvalue weighted by molar-refractivity contribution is 6.42. The first-order valence-corrected chi connectivity index (χ1v) is 7.34. The molecule has 0 radical (unpaired) electrons. The topological polar surface area (TPSA) is 41.1 Å². The molecule has 1 rings (SSSR count). The molecule has 2 N–H and O–H groups in total. The van der Waals surface area contributed by atoms with E-state index >= 15 is 0 Å². The van der Waals surface area contributed by atoms with Crippen molar-refractivity contribution in [2.45, 2.75) is 32.6 Å². The molecule has 5 heteroatoms. The molecule has 0 aliphatic rings. The molecule has 0 fully saturated rings. The highest BCUT2D eigenvalue weighted by atomic mass is 35.5. The van der Waals surface area contributed by atoms with E-state index in [1.807, 2.05) is 6.07 Å². The average molecular weight is 303 g/mol. The van der Waals surface area contributed by atoms with Gasteiger partial charge in [0, 0.05) is 25.2 Å². The van der Waals surface area contributed by atoms with E-state index in [-0.39, 0.29) is 5.91 Å². The number of amides is 1. The summed E-state index contributed by atoms with van der Waals surface area (Å²) >= 11 is 11.7. The molecule has 0 atom stereocenters. The number of hydrogen-bond donors (Lipinski definition) is 2. The van der Waals surface area contributed by atoms with E-state index in [2.05, 4.69) is 17.6 Å². The van der Waals surface area contributed by atoms with Crippen molar-refractivity contribution in [2.24, 2.45) is 0 Å². The Labute approximate surface area is 124 Å². The van der Waals surface area contributed by atoms with Crippen LogP contribution in [0.15, 0.2) is 18.2 Å². The van der Waals surface area contributed by atoms with Crippen LogP contribution in [0.3, 0.4) is 0 Å². The summed E-state index contributed by atoms with van der Waals surface area (Å²) < 4.78 is 0. The number of carbonyl (C=O) groups is 1. The summed E-state index contributed by atoms with van der Waals surface area (Å²) in [6.07, 6.45) is 3.81. The number of unbranched alkanes of at least 4 members (excludes halogenated alkanes) is 2. The molecule has 0 unspecified atom stereocenters. The molecule has 0 aliphatic carbocycles. The van der Waals surface area contributed by atoms with E-state index in [1.165, 1.54) is 0 Å². The minimum absolute atomic E-state index is 0.0728. The second-order valence-electron chi connectivity index (χ2n) is 4.36. The van der Waals surface area contributed by atoms with Gasteiger partial charge in [0.15, 0.2) is 0 Å². The van der Waals surface area contributed by atoms with Crippen molar-refractivity contribution in [3.8, 4) is 0 Å². The van der Waals surface area contributed by atoms with Gasteiger partial charge >= 0.3 is 0 Å². The Morgan fingerprint density at radius 1 is 1.16 bits per heavy atom. The lowest BCUT2D eigenvalue weighted by Crippen LogP contribution is -2.26. The predicted octanol–water partition coefficient (Wildman–Crippen LogP) is 4.10. The molecule has 1 aromatic rings. The third-order valence-corrected chi connectivity index (χ3v) is 3.44. The summed E-state index contributed by atoms with van der Waals surface area (Å²) in [4.78, 5) is 11.5. The van der Waals surface area contributed by atoms with Crippen molar-refractivity contribution in [2.75, 3.05) is 18.4 Å². The zero-order valence-electron chi connectivity index (χ0n) is 11.1. The summed E-state index contributed by atoms with van der Waals surface area (Å²) in [6.45, 7) is 3.49. The Bertz CT molecular complexity index is 410. The molecule has 0 bridgehead atoms. The third kappa shape index (κ3) is 6.69. The van der Waals surface area contributed by atoms with E-state index in [9.17, 15) is 4.79 Å². The lowest BCUT2D eigenvalue weighted by molar-refractivity contribution is -0.120. The average Bonchev–Trinajstić information content (AvgIpc) is 2.39. The monoisotopic (exact) mass is 302 g/mol. The minimum Gasteiger partial charge on any atom is -0.384 e. The fraction of sp³-hybridized carbons (Fsp3) is 0.500. The Morgan fingerprint density at radius 3 is 2.63 bits per heavy atom. The van der Waals surface area contributed by atoms with Gasteiger partial charge in [0.2, 0.25) is 5.91 Å². The van der Waals surface area contributed by atoms with Crippen molar-refractivity contribution < 1.29 is 4.79 Å². The van der Waals surface area contributed by atoms with E-state index in [0.29, 0.717) is 23.0 Å². The van der Waals surface area contributed by atoms with Gasteiger partial charge in [-0.2, -0.15) is 0 Å². The molecule has 0 saturated carbocycles. The van der Waals surface area contributed by atoms with E-state index in [1.54, 1.807) is 12.1 Å². The molecule has 1 amide bonds. The number of halogens is 2. The zero-order valence-corrected chi connectivity index (χ0v) is 12.7. The second-order valence-corrected chi connectivity index (χ2v) is 5.18. The normalized spacial score (nSPS) is 10.3. The summed E-state index contributed by atoms with van der Waals surface area (Å²) in [5, 5.41) is 7.08. The van der Waals surface area contributed by atoms with E-state index < -0.39 is 0 Å². The van der Waals surface area contributed by atoms with Crippen molar-refractivity contribution in [3.63, 3.8) is 0 Å². The summed E-state index contributed by atoms with van der Waals surface area (Å²) in [7, 11) is 0. The third-order valence-electron chi connectivity index (χ3n) is 2.70. The van der Waals surface area contributed by atoms with Gasteiger partial charge in [0.05, 0.1) is 10.0 Å². The summed E-state index contributed by atoms with van der Waals surface area (Å²) in [5.41, 5.74) is 0.869. The SMILES string of the molecule is CCCCCNC(=O)CCNc1ccc(Cl)c(Cl)c1. The van der Waals surface area contributed by atoms with Gasteiger partial charge in [-0.05, 0) is 24.6 Å². The van der Waals surface area contributed by atoms with Crippen LogP contribution in [-0.4, -0.2) is 19.0 Å². The maximum Gasteiger partial charge on any atom is 0.221 e. The maximum atomic E-state index is 11.5. The van der Waals surface area contributed by atoms with Crippen LogP contribution in [0.2, 0.25) is 10.0 Å². The van der Waals surface area contributed by atoms with Gasteiger partial charge in [-0.3, -0.25) is 4.79 Å². The smallest absolute Gasteiger partial charge is 0.221 e. The van der Waals surface area contributed by atoms with Crippen LogP contribution in [0.1, 0.15) is 32.6 Å². The quantitative estimate of drug-likeness (QED) is 0.710. The second kappa shape index (κ2) is 9.05. The fourth-order valence-electron chi connectivity index (χ4n) is 1.62. The number of anilines is 1. The molecule has 1 aromatic carbocycles. The van der Waals surface area contributed by atoms with Crippen molar-refractivity contribution in [1.29, 1.82) is 0 Å². The van der Waals surface area contributed by atoms with Crippen molar-refractivity contribution in [3.05, 3.63) is 28.2 Å². The largest absolute Gasteiger partial charge is 0.384 e. The van der Waals surface area contributed by atoms with E-state index in [4.69, 9.17) is 23.2 Å². The number of carbonyl (C=O) groups excluding carboxylic acids is 1. The van der Waals surface area contributed by atoms with Crippen LogP contribution in [0.5, 0.6) is 0 Å². The lowest BCUT2D eigenvalue weighted by atomic mass is 10.2.